The molecular weight excluding hydrogens is 479 g/mol. The number of aromatic nitrogens is 3. The molecule has 194 valence electrons. The zero-order valence-electron chi connectivity index (χ0n) is 20.0. The van der Waals surface area contributed by atoms with Crippen LogP contribution in [0.2, 0.25) is 0 Å². The van der Waals surface area contributed by atoms with E-state index in [1.807, 2.05) is 0 Å². The highest BCUT2D eigenvalue weighted by Gasteiger charge is 2.35. The quantitative estimate of drug-likeness (QED) is 0.495. The molecule has 36 heavy (non-hydrogen) atoms. The number of hydrogen-bond acceptors (Lipinski definition) is 9. The van der Waals surface area contributed by atoms with Crippen molar-refractivity contribution in [2.75, 3.05) is 43.9 Å². The first-order valence-corrected chi connectivity index (χ1v) is 11.6. The van der Waals surface area contributed by atoms with E-state index in [-0.39, 0.29) is 30.8 Å². The summed E-state index contributed by atoms with van der Waals surface area (Å²) in [4.78, 5) is 27.8. The predicted octanol–water partition coefficient (Wildman–Crippen LogP) is 4.63. The van der Waals surface area contributed by atoms with E-state index in [2.05, 4.69) is 37.5 Å². The van der Waals surface area contributed by atoms with E-state index in [0.717, 1.165) is 32.1 Å². The molecule has 2 aromatic rings. The second-order valence-electron chi connectivity index (χ2n) is 8.64. The maximum absolute atomic E-state index is 13.5. The number of allylic oxidation sites excluding steroid dienone is 2. The molecule has 0 aliphatic carbocycles. The first-order valence-electron chi connectivity index (χ1n) is 11.6. The molecule has 2 N–H and O–H groups in total. The van der Waals surface area contributed by atoms with Crippen LogP contribution in [0.25, 0.3) is 0 Å². The van der Waals surface area contributed by atoms with Gasteiger partial charge >= 0.3 is 12.3 Å². The average molecular weight is 508 g/mol. The van der Waals surface area contributed by atoms with Crippen molar-refractivity contribution in [3.05, 3.63) is 48.0 Å². The molecule has 0 radical (unpaired) electrons. The number of cyclic esters (lactones) is 1. The zero-order chi connectivity index (χ0) is 25.7. The van der Waals surface area contributed by atoms with Crippen molar-refractivity contribution in [3.8, 4) is 0 Å². The molecule has 2 aromatic heterocycles. The van der Waals surface area contributed by atoms with Gasteiger partial charge in [0.2, 0.25) is 5.95 Å². The fraction of sp³-hybridized carbons (Fsp3) is 0.478. The molecular formula is C23H28F3N7O3. The summed E-state index contributed by atoms with van der Waals surface area (Å²) in [6.07, 6.45) is 3.71. The van der Waals surface area contributed by atoms with Crippen LogP contribution in [0.3, 0.4) is 0 Å². The number of carbonyl (C=O) groups excluding carboxylic acids is 1. The van der Waals surface area contributed by atoms with Crippen LogP contribution in [-0.2, 0) is 10.9 Å². The number of likely N-dealkylation sites (tertiary alicyclic amines) is 1. The van der Waals surface area contributed by atoms with E-state index >= 15 is 0 Å². The summed E-state index contributed by atoms with van der Waals surface area (Å²) in [6.45, 7) is 4.00. The van der Waals surface area contributed by atoms with Crippen molar-refractivity contribution in [1.29, 1.82) is 0 Å². The van der Waals surface area contributed by atoms with Crippen molar-refractivity contribution >= 4 is 23.7 Å². The lowest BCUT2D eigenvalue weighted by atomic mass is 9.97. The highest BCUT2D eigenvalue weighted by atomic mass is 19.4. The Bertz CT molecular complexity index is 1120. The molecule has 0 bridgehead atoms. The average Bonchev–Trinajstić information content (AvgIpc) is 3.06. The third-order valence-corrected chi connectivity index (χ3v) is 5.93. The minimum Gasteiger partial charge on any atom is -0.443 e. The number of aryl methyl sites for hydroxylation is 1. The highest BCUT2D eigenvalue weighted by Crippen LogP contribution is 2.35. The van der Waals surface area contributed by atoms with Crippen molar-refractivity contribution in [3.63, 3.8) is 0 Å². The standard InChI is InChI=1S/C23H28F3N7O3/c1-15-18(29-20(36-15)16-6-11-32(2)12-7-16)30-21-28-14-17(23(24,25)26)19(31-21)27-8-5-10-33-9-3-4-13-35-22(33)34/h3-4,9,13-14,16H,5-8,10-12H2,1-2H3,(H2,27,28,30,31). The number of nitrogens with one attached hydrogen (secondary N) is 2. The number of oxazole rings is 1. The minimum absolute atomic E-state index is 0.0399. The number of rotatable bonds is 8. The van der Waals surface area contributed by atoms with E-state index in [9.17, 15) is 18.0 Å². The number of ether oxygens (including phenoxy) is 1. The van der Waals surface area contributed by atoms with Crippen molar-refractivity contribution in [1.82, 2.24) is 24.8 Å². The number of piperidine rings is 1. The van der Waals surface area contributed by atoms with Gasteiger partial charge < -0.3 is 24.7 Å². The van der Waals surface area contributed by atoms with Crippen molar-refractivity contribution in [2.45, 2.75) is 38.3 Å². The third kappa shape index (κ3) is 6.33. The van der Waals surface area contributed by atoms with Gasteiger partial charge in [-0.2, -0.15) is 23.1 Å². The lowest BCUT2D eigenvalue weighted by Gasteiger charge is -2.26. The van der Waals surface area contributed by atoms with Crippen LogP contribution in [0.5, 0.6) is 0 Å². The normalized spacial score (nSPS) is 17.2. The Kier molecular flexibility index (Phi) is 7.77. The molecule has 0 spiro atoms. The number of alkyl halides is 3. The molecule has 0 aromatic carbocycles. The summed E-state index contributed by atoms with van der Waals surface area (Å²) >= 11 is 0. The third-order valence-electron chi connectivity index (χ3n) is 5.93. The van der Waals surface area contributed by atoms with Crippen molar-refractivity contribution < 1.29 is 27.1 Å². The Morgan fingerprint density at radius 1 is 1.17 bits per heavy atom. The highest BCUT2D eigenvalue weighted by molar-refractivity contribution is 5.70. The minimum atomic E-state index is -4.64. The molecule has 0 unspecified atom stereocenters. The molecule has 1 saturated heterocycles. The van der Waals surface area contributed by atoms with Gasteiger partial charge in [0, 0.05) is 31.4 Å². The number of nitrogens with zero attached hydrogens (tertiary/aromatic N) is 5. The monoisotopic (exact) mass is 507 g/mol. The van der Waals surface area contributed by atoms with Crippen LogP contribution < -0.4 is 10.6 Å². The number of hydrogen-bond donors (Lipinski definition) is 2. The Balaban J connectivity index is 1.42. The topological polar surface area (TPSA) is 109 Å². The molecule has 0 atom stereocenters. The number of amides is 1. The van der Waals surface area contributed by atoms with E-state index in [4.69, 9.17) is 9.15 Å². The number of anilines is 3. The Morgan fingerprint density at radius 3 is 2.69 bits per heavy atom. The zero-order valence-corrected chi connectivity index (χ0v) is 20.0. The molecule has 1 amide bonds. The maximum Gasteiger partial charge on any atom is 0.421 e. The predicted molar refractivity (Wildman–Crippen MR) is 126 cm³/mol. The fourth-order valence-corrected chi connectivity index (χ4v) is 3.90. The number of halogens is 3. The molecule has 2 aliphatic rings. The van der Waals surface area contributed by atoms with Crippen LogP contribution in [-0.4, -0.2) is 64.1 Å². The Hall–Kier alpha value is -3.61. The first kappa shape index (κ1) is 25.5. The molecule has 10 nitrogen and oxygen atoms in total. The molecule has 2 aliphatic heterocycles. The number of carbonyl (C=O) groups is 1. The van der Waals surface area contributed by atoms with Gasteiger partial charge in [-0.3, -0.25) is 4.90 Å². The molecule has 4 rings (SSSR count). The van der Waals surface area contributed by atoms with Gasteiger partial charge in [0.05, 0.1) is 6.26 Å². The largest absolute Gasteiger partial charge is 0.443 e. The van der Waals surface area contributed by atoms with Gasteiger partial charge in [-0.15, -0.1) is 0 Å². The Labute approximate surface area is 206 Å². The van der Waals surface area contributed by atoms with Gasteiger partial charge in [0.15, 0.2) is 11.7 Å². The van der Waals surface area contributed by atoms with Gasteiger partial charge in [-0.05, 0) is 58.5 Å². The van der Waals surface area contributed by atoms with Crippen LogP contribution in [0.1, 0.15) is 42.4 Å². The Morgan fingerprint density at radius 2 is 1.94 bits per heavy atom. The molecule has 13 heteroatoms. The maximum atomic E-state index is 13.5. The first-order chi connectivity index (χ1) is 17.2. The van der Waals surface area contributed by atoms with Crippen LogP contribution in [0, 0.1) is 6.92 Å². The summed E-state index contributed by atoms with van der Waals surface area (Å²) < 4.78 is 51.3. The smallest absolute Gasteiger partial charge is 0.421 e. The second kappa shape index (κ2) is 11.0. The van der Waals surface area contributed by atoms with Crippen LogP contribution >= 0.6 is 0 Å². The fourth-order valence-electron chi connectivity index (χ4n) is 3.90. The molecule has 4 heterocycles. The lowest BCUT2D eigenvalue weighted by molar-refractivity contribution is -0.137. The summed E-state index contributed by atoms with van der Waals surface area (Å²) in [6, 6.07) is 0. The van der Waals surface area contributed by atoms with E-state index in [0.29, 0.717) is 23.9 Å². The second-order valence-corrected chi connectivity index (χ2v) is 8.64. The molecule has 0 saturated carbocycles. The summed E-state index contributed by atoms with van der Waals surface area (Å²) in [5, 5.41) is 5.60. The van der Waals surface area contributed by atoms with Gasteiger partial charge in [-0.25, -0.2) is 9.78 Å². The van der Waals surface area contributed by atoms with Crippen LogP contribution in [0.15, 0.2) is 35.2 Å². The molecule has 1 fully saturated rings. The summed E-state index contributed by atoms with van der Waals surface area (Å²) in [5.74, 6) is 1.26. The van der Waals surface area contributed by atoms with Crippen LogP contribution in [0.4, 0.5) is 35.5 Å². The van der Waals surface area contributed by atoms with Crippen molar-refractivity contribution in [2.24, 2.45) is 0 Å². The van der Waals surface area contributed by atoms with Gasteiger partial charge in [-0.1, -0.05) is 0 Å². The van der Waals surface area contributed by atoms with E-state index in [1.54, 1.807) is 25.3 Å². The van der Waals surface area contributed by atoms with Gasteiger partial charge in [0.1, 0.15) is 17.1 Å². The summed E-state index contributed by atoms with van der Waals surface area (Å²) in [5.41, 5.74) is -0.991. The SMILES string of the molecule is Cc1oc(C2CCN(C)CC2)nc1Nc1ncc(C(F)(F)F)c(NCCCN2C=CC=COC2=O)n1. The van der Waals surface area contributed by atoms with Gasteiger partial charge in [0.25, 0.3) is 0 Å². The lowest BCUT2D eigenvalue weighted by Crippen LogP contribution is -2.29. The van der Waals surface area contributed by atoms with E-state index < -0.39 is 17.8 Å². The van der Waals surface area contributed by atoms with E-state index in [1.165, 1.54) is 11.2 Å². The summed E-state index contributed by atoms with van der Waals surface area (Å²) in [7, 11) is 2.06.